The fourth-order valence-corrected chi connectivity index (χ4v) is 2.72. The predicted molar refractivity (Wildman–Crippen MR) is 83.5 cm³/mol. The smallest absolute Gasteiger partial charge is 0.307 e. The summed E-state index contributed by atoms with van der Waals surface area (Å²) in [6, 6.07) is 0.0540. The third kappa shape index (κ3) is 5.34. The first-order valence-electron chi connectivity index (χ1n) is 7.07. The van der Waals surface area contributed by atoms with Gasteiger partial charge in [-0.05, 0) is 27.7 Å². The number of carbonyl (C=O) groups excluding carboxylic acids is 2. The van der Waals surface area contributed by atoms with Gasteiger partial charge in [0.15, 0.2) is 0 Å². The molecule has 7 heteroatoms. The van der Waals surface area contributed by atoms with Crippen LogP contribution in [0.4, 0.5) is 0 Å². The number of likely N-dealkylation sites (N-methyl/N-ethyl adjacent to an activating group) is 1. The van der Waals surface area contributed by atoms with Crippen LogP contribution < -0.4 is 10.2 Å². The average Bonchev–Trinajstić information content (AvgIpc) is 2.72. The van der Waals surface area contributed by atoms with E-state index in [0.29, 0.717) is 13.1 Å². The Morgan fingerprint density at radius 3 is 2.57 bits per heavy atom. The molecule has 1 heterocycles. The van der Waals surface area contributed by atoms with Crippen LogP contribution >= 0.6 is 11.3 Å². The molecule has 1 aromatic rings. The van der Waals surface area contributed by atoms with Crippen LogP contribution in [0.2, 0.25) is 0 Å². The van der Waals surface area contributed by atoms with Crippen molar-refractivity contribution in [3.05, 3.63) is 20.7 Å². The van der Waals surface area contributed by atoms with Gasteiger partial charge in [0, 0.05) is 36.6 Å². The van der Waals surface area contributed by atoms with Crippen molar-refractivity contribution in [1.29, 1.82) is 0 Å². The minimum atomic E-state index is -0.163. The molecule has 0 aliphatic rings. The molecule has 0 aromatic carbocycles. The summed E-state index contributed by atoms with van der Waals surface area (Å²) in [6.45, 7) is 8.32. The van der Waals surface area contributed by atoms with Crippen molar-refractivity contribution in [2.24, 2.45) is 0 Å². The maximum atomic E-state index is 12.1. The number of aromatic nitrogens is 1. The molecule has 0 saturated carbocycles. The molecule has 0 aliphatic heterocycles. The number of aryl methyl sites for hydroxylation is 1. The summed E-state index contributed by atoms with van der Waals surface area (Å²) in [5.74, 6) is -0.280. The van der Waals surface area contributed by atoms with E-state index in [4.69, 9.17) is 0 Å². The lowest BCUT2D eigenvalue weighted by Crippen LogP contribution is -2.43. The van der Waals surface area contributed by atoms with E-state index in [1.165, 1.54) is 4.90 Å². The zero-order valence-electron chi connectivity index (χ0n) is 13.0. The zero-order valence-corrected chi connectivity index (χ0v) is 13.8. The van der Waals surface area contributed by atoms with Crippen molar-refractivity contribution in [3.8, 4) is 0 Å². The number of hydrogen-bond acceptors (Lipinski definition) is 4. The lowest BCUT2D eigenvalue weighted by atomic mass is 10.3. The van der Waals surface area contributed by atoms with Crippen molar-refractivity contribution < 1.29 is 9.59 Å². The molecule has 118 valence electrons. The predicted octanol–water partition coefficient (Wildman–Crippen LogP) is 0.981. The Balaban J connectivity index is 2.56. The highest BCUT2D eigenvalue weighted by Crippen LogP contribution is 2.03. The molecule has 0 aliphatic carbocycles. The Hall–Kier alpha value is -1.63. The molecule has 0 bridgehead atoms. The SMILES string of the molecule is CCN(CC(=O)NC(C)C)C(=O)CCn1c(C)csc1=O. The number of nitrogens with one attached hydrogen (secondary N) is 1. The van der Waals surface area contributed by atoms with Gasteiger partial charge < -0.3 is 14.8 Å². The monoisotopic (exact) mass is 313 g/mol. The second-order valence-corrected chi connectivity index (χ2v) is 6.00. The lowest BCUT2D eigenvalue weighted by molar-refractivity contribution is -0.136. The van der Waals surface area contributed by atoms with Gasteiger partial charge in [-0.2, -0.15) is 0 Å². The van der Waals surface area contributed by atoms with Crippen molar-refractivity contribution in [2.45, 2.75) is 46.7 Å². The molecule has 1 aromatic heterocycles. The summed E-state index contributed by atoms with van der Waals surface area (Å²) < 4.78 is 1.59. The van der Waals surface area contributed by atoms with E-state index in [-0.39, 0.29) is 35.7 Å². The van der Waals surface area contributed by atoms with E-state index in [1.54, 1.807) is 9.95 Å². The minimum Gasteiger partial charge on any atom is -0.352 e. The summed E-state index contributed by atoms with van der Waals surface area (Å²) in [5, 5.41) is 4.54. The summed E-state index contributed by atoms with van der Waals surface area (Å²) in [4.78, 5) is 36.9. The first-order chi connectivity index (χ1) is 9.85. The van der Waals surface area contributed by atoms with Gasteiger partial charge in [-0.25, -0.2) is 0 Å². The third-order valence-corrected chi connectivity index (χ3v) is 3.93. The highest BCUT2D eigenvalue weighted by atomic mass is 32.1. The number of carbonyl (C=O) groups is 2. The molecule has 0 unspecified atom stereocenters. The van der Waals surface area contributed by atoms with Gasteiger partial charge in [-0.15, -0.1) is 0 Å². The van der Waals surface area contributed by atoms with Crippen LogP contribution in [0, 0.1) is 6.92 Å². The number of rotatable bonds is 7. The second kappa shape index (κ2) is 7.97. The Bertz CT molecular complexity index is 548. The van der Waals surface area contributed by atoms with E-state index in [9.17, 15) is 14.4 Å². The molecule has 0 atom stereocenters. The first-order valence-corrected chi connectivity index (χ1v) is 7.95. The van der Waals surface area contributed by atoms with E-state index in [0.717, 1.165) is 17.0 Å². The van der Waals surface area contributed by atoms with Crippen LogP contribution in [-0.2, 0) is 16.1 Å². The van der Waals surface area contributed by atoms with Crippen LogP contribution in [0.15, 0.2) is 10.2 Å². The standard InChI is InChI=1S/C14H23N3O3S/c1-5-16(8-12(18)15-10(2)3)13(19)6-7-17-11(4)9-21-14(17)20/h9-10H,5-8H2,1-4H3,(H,15,18). The van der Waals surface area contributed by atoms with Gasteiger partial charge in [0.05, 0.1) is 6.54 Å². The molecule has 0 saturated heterocycles. The van der Waals surface area contributed by atoms with Crippen molar-refractivity contribution in [3.63, 3.8) is 0 Å². The van der Waals surface area contributed by atoms with Gasteiger partial charge in [-0.1, -0.05) is 11.3 Å². The van der Waals surface area contributed by atoms with Gasteiger partial charge >= 0.3 is 4.87 Å². The van der Waals surface area contributed by atoms with Gasteiger partial charge in [0.1, 0.15) is 0 Å². The largest absolute Gasteiger partial charge is 0.352 e. The van der Waals surface area contributed by atoms with Gasteiger partial charge in [0.25, 0.3) is 0 Å². The molecule has 6 nitrogen and oxygen atoms in total. The molecular weight excluding hydrogens is 290 g/mol. The average molecular weight is 313 g/mol. The lowest BCUT2D eigenvalue weighted by Gasteiger charge is -2.21. The van der Waals surface area contributed by atoms with Crippen LogP contribution in [-0.4, -0.2) is 40.4 Å². The van der Waals surface area contributed by atoms with E-state index < -0.39 is 0 Å². The Labute approximate surface area is 128 Å². The first kappa shape index (κ1) is 17.4. The number of thiazole rings is 1. The molecular formula is C14H23N3O3S. The van der Waals surface area contributed by atoms with Gasteiger partial charge in [0.2, 0.25) is 11.8 Å². The zero-order chi connectivity index (χ0) is 16.0. The number of hydrogen-bond donors (Lipinski definition) is 1. The van der Waals surface area contributed by atoms with E-state index >= 15 is 0 Å². The molecule has 1 rings (SSSR count). The molecule has 0 fully saturated rings. The quantitative estimate of drug-likeness (QED) is 0.816. The van der Waals surface area contributed by atoms with Crippen molar-refractivity contribution in [2.75, 3.05) is 13.1 Å². The maximum absolute atomic E-state index is 12.1. The Morgan fingerprint density at radius 2 is 2.10 bits per heavy atom. The minimum absolute atomic E-state index is 0.0540. The summed E-state index contributed by atoms with van der Waals surface area (Å²) in [7, 11) is 0. The molecule has 21 heavy (non-hydrogen) atoms. The van der Waals surface area contributed by atoms with Crippen LogP contribution in [0.5, 0.6) is 0 Å². The Kier molecular flexibility index (Phi) is 6.61. The van der Waals surface area contributed by atoms with Crippen LogP contribution in [0.3, 0.4) is 0 Å². The Morgan fingerprint density at radius 1 is 1.43 bits per heavy atom. The fraction of sp³-hybridized carbons (Fsp3) is 0.643. The van der Waals surface area contributed by atoms with Gasteiger partial charge in [-0.3, -0.25) is 14.4 Å². The highest BCUT2D eigenvalue weighted by Gasteiger charge is 2.16. The fourth-order valence-electron chi connectivity index (χ4n) is 1.96. The molecule has 2 amide bonds. The number of amides is 2. The summed E-state index contributed by atoms with van der Waals surface area (Å²) >= 11 is 1.13. The summed E-state index contributed by atoms with van der Waals surface area (Å²) in [6.07, 6.45) is 0.222. The summed E-state index contributed by atoms with van der Waals surface area (Å²) in [5.41, 5.74) is 0.860. The van der Waals surface area contributed by atoms with Crippen molar-refractivity contribution in [1.82, 2.24) is 14.8 Å². The van der Waals surface area contributed by atoms with E-state index in [1.807, 2.05) is 27.7 Å². The normalized spacial score (nSPS) is 10.7. The highest BCUT2D eigenvalue weighted by molar-refractivity contribution is 7.07. The van der Waals surface area contributed by atoms with Crippen LogP contribution in [0.25, 0.3) is 0 Å². The molecule has 0 radical (unpaired) electrons. The van der Waals surface area contributed by atoms with Crippen LogP contribution in [0.1, 0.15) is 32.9 Å². The third-order valence-electron chi connectivity index (χ3n) is 3.04. The topological polar surface area (TPSA) is 71.4 Å². The molecule has 0 spiro atoms. The van der Waals surface area contributed by atoms with Crippen molar-refractivity contribution >= 4 is 23.2 Å². The number of nitrogens with zero attached hydrogens (tertiary/aromatic N) is 2. The molecule has 1 N–H and O–H groups in total. The maximum Gasteiger partial charge on any atom is 0.307 e. The second-order valence-electron chi connectivity index (χ2n) is 5.17. The van der Waals surface area contributed by atoms with E-state index in [2.05, 4.69) is 5.32 Å².